The Bertz CT molecular complexity index is 368. The van der Waals surface area contributed by atoms with Crippen LogP contribution in [0.1, 0.15) is 32.8 Å². The zero-order chi connectivity index (χ0) is 13.5. The van der Waals surface area contributed by atoms with Crippen LogP contribution in [0.3, 0.4) is 0 Å². The van der Waals surface area contributed by atoms with Gasteiger partial charge in [-0.3, -0.25) is 0 Å². The molecule has 0 spiro atoms. The van der Waals surface area contributed by atoms with E-state index in [0.717, 1.165) is 36.0 Å². The maximum absolute atomic E-state index is 13.2. The third-order valence-electron chi connectivity index (χ3n) is 3.41. The second-order valence-electron chi connectivity index (χ2n) is 5.10. The standard InChI is InChI=1S/C15H23BrFN/c1-4-7-18-10-12(3)11(2)8-13-9-14(17)5-6-15(13)16/h5-6,9,11-12,18H,4,7-8,10H2,1-3H3. The van der Waals surface area contributed by atoms with Gasteiger partial charge in [0.2, 0.25) is 0 Å². The van der Waals surface area contributed by atoms with E-state index in [1.807, 2.05) is 0 Å². The van der Waals surface area contributed by atoms with Crippen molar-refractivity contribution in [3.8, 4) is 0 Å². The molecule has 0 aliphatic rings. The van der Waals surface area contributed by atoms with Crippen LogP contribution < -0.4 is 5.32 Å². The Hall–Kier alpha value is -0.410. The summed E-state index contributed by atoms with van der Waals surface area (Å²) in [5, 5.41) is 3.44. The van der Waals surface area contributed by atoms with Gasteiger partial charge in [0.25, 0.3) is 0 Å². The van der Waals surface area contributed by atoms with Crippen LogP contribution in [0.2, 0.25) is 0 Å². The van der Waals surface area contributed by atoms with E-state index in [2.05, 4.69) is 42.0 Å². The number of benzene rings is 1. The van der Waals surface area contributed by atoms with E-state index in [1.165, 1.54) is 6.07 Å². The fraction of sp³-hybridized carbons (Fsp3) is 0.600. The summed E-state index contributed by atoms with van der Waals surface area (Å²) in [7, 11) is 0. The van der Waals surface area contributed by atoms with Crippen molar-refractivity contribution in [2.24, 2.45) is 11.8 Å². The zero-order valence-electron chi connectivity index (χ0n) is 11.5. The van der Waals surface area contributed by atoms with Crippen LogP contribution in [0.25, 0.3) is 0 Å². The monoisotopic (exact) mass is 315 g/mol. The van der Waals surface area contributed by atoms with Gasteiger partial charge in [0, 0.05) is 4.47 Å². The molecule has 2 atom stereocenters. The Morgan fingerprint density at radius 2 is 2.00 bits per heavy atom. The molecule has 2 unspecified atom stereocenters. The van der Waals surface area contributed by atoms with Gasteiger partial charge in [-0.15, -0.1) is 0 Å². The third kappa shape index (κ3) is 5.07. The summed E-state index contributed by atoms with van der Waals surface area (Å²) in [5.41, 5.74) is 1.06. The highest BCUT2D eigenvalue weighted by Gasteiger charge is 2.14. The number of hydrogen-bond acceptors (Lipinski definition) is 1. The fourth-order valence-corrected chi connectivity index (χ4v) is 2.36. The van der Waals surface area contributed by atoms with Crippen LogP contribution >= 0.6 is 15.9 Å². The Balaban J connectivity index is 2.52. The largest absolute Gasteiger partial charge is 0.316 e. The molecule has 1 aromatic rings. The molecule has 0 fully saturated rings. The molecule has 0 bridgehead atoms. The predicted octanol–water partition coefficient (Wildman–Crippen LogP) is 4.40. The molecule has 0 heterocycles. The van der Waals surface area contributed by atoms with Gasteiger partial charge in [-0.1, -0.05) is 36.7 Å². The minimum absolute atomic E-state index is 0.155. The molecule has 1 rings (SSSR count). The molecule has 0 aliphatic heterocycles. The van der Waals surface area contributed by atoms with Gasteiger partial charge in [-0.05, 0) is 61.5 Å². The molecule has 0 saturated heterocycles. The normalized spacial score (nSPS) is 14.5. The molecule has 0 aliphatic carbocycles. The van der Waals surface area contributed by atoms with Crippen LogP contribution in [-0.2, 0) is 6.42 Å². The van der Waals surface area contributed by atoms with Gasteiger partial charge in [0.05, 0.1) is 0 Å². The summed E-state index contributed by atoms with van der Waals surface area (Å²) in [5.74, 6) is 0.969. The van der Waals surface area contributed by atoms with E-state index < -0.39 is 0 Å². The lowest BCUT2D eigenvalue weighted by atomic mass is 9.89. The van der Waals surface area contributed by atoms with Gasteiger partial charge < -0.3 is 5.32 Å². The van der Waals surface area contributed by atoms with Gasteiger partial charge >= 0.3 is 0 Å². The summed E-state index contributed by atoms with van der Waals surface area (Å²) < 4.78 is 14.2. The second kappa shape index (κ2) is 7.90. The topological polar surface area (TPSA) is 12.0 Å². The van der Waals surface area contributed by atoms with E-state index in [-0.39, 0.29) is 5.82 Å². The molecule has 0 aromatic heterocycles. The van der Waals surface area contributed by atoms with E-state index in [1.54, 1.807) is 12.1 Å². The third-order valence-corrected chi connectivity index (χ3v) is 4.19. The molecule has 3 heteroatoms. The maximum Gasteiger partial charge on any atom is 0.123 e. The molecule has 1 N–H and O–H groups in total. The molecule has 1 nitrogen and oxygen atoms in total. The molecule has 0 amide bonds. The molecule has 0 saturated carbocycles. The van der Waals surface area contributed by atoms with Gasteiger partial charge in [-0.2, -0.15) is 0 Å². The van der Waals surface area contributed by atoms with Crippen molar-refractivity contribution in [1.29, 1.82) is 0 Å². The van der Waals surface area contributed by atoms with E-state index in [9.17, 15) is 4.39 Å². The lowest BCUT2D eigenvalue weighted by Crippen LogP contribution is -2.26. The maximum atomic E-state index is 13.2. The predicted molar refractivity (Wildman–Crippen MR) is 79.3 cm³/mol. The molecular formula is C15H23BrFN. The van der Waals surface area contributed by atoms with Crippen LogP contribution in [0.4, 0.5) is 4.39 Å². The SMILES string of the molecule is CCCNCC(C)C(C)Cc1cc(F)ccc1Br. The van der Waals surface area contributed by atoms with Crippen LogP contribution in [0, 0.1) is 17.7 Å². The van der Waals surface area contributed by atoms with E-state index in [4.69, 9.17) is 0 Å². The first kappa shape index (κ1) is 15.6. The average Bonchev–Trinajstić information content (AvgIpc) is 2.34. The quantitative estimate of drug-likeness (QED) is 0.735. The smallest absolute Gasteiger partial charge is 0.123 e. The van der Waals surface area contributed by atoms with E-state index >= 15 is 0 Å². The molecule has 102 valence electrons. The average molecular weight is 316 g/mol. The highest BCUT2D eigenvalue weighted by molar-refractivity contribution is 9.10. The zero-order valence-corrected chi connectivity index (χ0v) is 13.1. The van der Waals surface area contributed by atoms with E-state index in [0.29, 0.717) is 11.8 Å². The van der Waals surface area contributed by atoms with Gasteiger partial charge in [0.1, 0.15) is 5.82 Å². The first-order valence-electron chi connectivity index (χ1n) is 6.69. The Labute approximate surface area is 118 Å². The van der Waals surface area contributed by atoms with Crippen molar-refractivity contribution in [3.63, 3.8) is 0 Å². The highest BCUT2D eigenvalue weighted by Crippen LogP contribution is 2.24. The number of rotatable bonds is 7. The van der Waals surface area contributed by atoms with Crippen molar-refractivity contribution >= 4 is 15.9 Å². The first-order chi connectivity index (χ1) is 8.54. The Morgan fingerprint density at radius 3 is 2.67 bits per heavy atom. The highest BCUT2D eigenvalue weighted by atomic mass is 79.9. The summed E-state index contributed by atoms with van der Waals surface area (Å²) in [6, 6.07) is 4.91. The van der Waals surface area contributed by atoms with Crippen LogP contribution in [-0.4, -0.2) is 13.1 Å². The van der Waals surface area contributed by atoms with Gasteiger partial charge in [0.15, 0.2) is 0 Å². The fourth-order valence-electron chi connectivity index (χ4n) is 1.96. The van der Waals surface area contributed by atoms with Crippen molar-refractivity contribution in [1.82, 2.24) is 5.32 Å². The minimum Gasteiger partial charge on any atom is -0.316 e. The van der Waals surface area contributed by atoms with Crippen molar-refractivity contribution < 1.29 is 4.39 Å². The Morgan fingerprint density at radius 1 is 1.28 bits per heavy atom. The molecule has 0 radical (unpaired) electrons. The van der Waals surface area contributed by atoms with Crippen LogP contribution in [0.5, 0.6) is 0 Å². The number of nitrogens with one attached hydrogen (secondary N) is 1. The summed E-state index contributed by atoms with van der Waals surface area (Å²) in [6.07, 6.45) is 2.07. The molecule has 1 aromatic carbocycles. The summed E-state index contributed by atoms with van der Waals surface area (Å²) >= 11 is 3.49. The van der Waals surface area contributed by atoms with Gasteiger partial charge in [-0.25, -0.2) is 4.39 Å². The number of halogens is 2. The van der Waals surface area contributed by atoms with Crippen molar-refractivity contribution in [3.05, 3.63) is 34.1 Å². The van der Waals surface area contributed by atoms with Crippen molar-refractivity contribution in [2.45, 2.75) is 33.6 Å². The summed E-state index contributed by atoms with van der Waals surface area (Å²) in [6.45, 7) is 8.75. The molecular weight excluding hydrogens is 293 g/mol. The van der Waals surface area contributed by atoms with Crippen LogP contribution in [0.15, 0.2) is 22.7 Å². The molecule has 18 heavy (non-hydrogen) atoms. The minimum atomic E-state index is -0.155. The first-order valence-corrected chi connectivity index (χ1v) is 7.48. The van der Waals surface area contributed by atoms with Crippen molar-refractivity contribution in [2.75, 3.05) is 13.1 Å². The lowest BCUT2D eigenvalue weighted by molar-refractivity contribution is 0.365. The second-order valence-corrected chi connectivity index (χ2v) is 5.95. The summed E-state index contributed by atoms with van der Waals surface area (Å²) in [4.78, 5) is 0. The Kier molecular flexibility index (Phi) is 6.87. The lowest BCUT2D eigenvalue weighted by Gasteiger charge is -2.21. The number of hydrogen-bond donors (Lipinski definition) is 1.